The Morgan fingerprint density at radius 1 is 1.19 bits per heavy atom. The van der Waals surface area contributed by atoms with Gasteiger partial charge in [-0.3, -0.25) is 4.99 Å². The molecule has 0 radical (unpaired) electrons. The molecule has 0 N–H and O–H groups in total. The van der Waals surface area contributed by atoms with E-state index in [1.54, 1.807) is 0 Å². The minimum atomic E-state index is 0.264. The van der Waals surface area contributed by atoms with Gasteiger partial charge in [-0.2, -0.15) is 0 Å². The Kier molecular flexibility index (Phi) is 3.87. The minimum absolute atomic E-state index is 0.264. The fraction of sp³-hybridized carbons (Fsp3) is 0.292. The van der Waals surface area contributed by atoms with Crippen LogP contribution in [0.5, 0.6) is 0 Å². The van der Waals surface area contributed by atoms with Crippen molar-refractivity contribution in [1.82, 2.24) is 4.90 Å². The van der Waals surface area contributed by atoms with Crippen LogP contribution in [0.4, 0.5) is 0 Å². The maximum atomic E-state index is 4.87. The molecule has 2 aliphatic rings. The summed E-state index contributed by atoms with van der Waals surface area (Å²) < 4.78 is 0. The molecule has 0 aliphatic carbocycles. The first kappa shape index (κ1) is 16.8. The van der Waals surface area contributed by atoms with Crippen molar-refractivity contribution in [2.75, 3.05) is 13.6 Å². The summed E-state index contributed by atoms with van der Waals surface area (Å²) in [4.78, 5) is 7.21. The van der Waals surface area contributed by atoms with E-state index in [4.69, 9.17) is 4.99 Å². The molecule has 0 saturated heterocycles. The predicted octanol–water partition coefficient (Wildman–Crippen LogP) is 1.94. The van der Waals surface area contributed by atoms with Crippen LogP contribution in [-0.2, 0) is 0 Å². The number of benzene rings is 2. The summed E-state index contributed by atoms with van der Waals surface area (Å²) in [5.41, 5.74) is 7.78. The Hall–Kier alpha value is -2.61. The molecule has 2 nitrogen and oxygen atoms in total. The summed E-state index contributed by atoms with van der Waals surface area (Å²) in [7, 11) is 2.17. The lowest BCUT2D eigenvalue weighted by Gasteiger charge is -2.27. The van der Waals surface area contributed by atoms with Gasteiger partial charge in [-0.05, 0) is 61.2 Å². The molecule has 2 aromatic rings. The Morgan fingerprint density at radius 2 is 1.96 bits per heavy atom. The molecular formula is C24H26N2. The second-order valence-corrected chi connectivity index (χ2v) is 7.54. The molecule has 4 rings (SSSR count). The molecule has 0 bridgehead atoms. The highest BCUT2D eigenvalue weighted by Gasteiger charge is 2.19. The SMILES string of the molecule is C=Cc1c(C2=c3ccc4c(c3=CCN2C)=NC(C)C=4)cc(C)c(C)c1C. The van der Waals surface area contributed by atoms with Gasteiger partial charge in [-0.25, -0.2) is 0 Å². The van der Waals surface area contributed by atoms with Gasteiger partial charge < -0.3 is 4.90 Å². The molecule has 0 spiro atoms. The lowest BCUT2D eigenvalue weighted by Crippen LogP contribution is -2.51. The van der Waals surface area contributed by atoms with Crippen molar-refractivity contribution >= 4 is 23.9 Å². The number of fused-ring (bicyclic) bond motifs is 3. The van der Waals surface area contributed by atoms with Crippen LogP contribution in [0.1, 0.15) is 34.7 Å². The standard InChI is InChI=1S/C24H26N2/c1-7-19-17(5)16(4)14(2)12-22(19)24-21-9-8-18-13-15(3)25-23(18)20(21)10-11-26(24)6/h7-10,12-13,15H,1,11H2,2-6H3. The van der Waals surface area contributed by atoms with E-state index in [0.717, 1.165) is 11.9 Å². The molecule has 26 heavy (non-hydrogen) atoms. The third-order valence-corrected chi connectivity index (χ3v) is 5.88. The van der Waals surface area contributed by atoms with Crippen molar-refractivity contribution in [3.05, 3.63) is 73.6 Å². The average Bonchev–Trinajstić information content (AvgIpc) is 3.00. The third kappa shape index (κ3) is 2.36. The molecule has 0 amide bonds. The van der Waals surface area contributed by atoms with Gasteiger partial charge in [0, 0.05) is 29.6 Å². The van der Waals surface area contributed by atoms with Crippen LogP contribution in [0.25, 0.3) is 23.9 Å². The van der Waals surface area contributed by atoms with Crippen LogP contribution in [0, 0.1) is 20.8 Å². The van der Waals surface area contributed by atoms with E-state index in [2.05, 4.69) is 76.6 Å². The van der Waals surface area contributed by atoms with Crippen LogP contribution in [-0.4, -0.2) is 24.5 Å². The van der Waals surface area contributed by atoms with Crippen LogP contribution < -0.4 is 21.0 Å². The highest BCUT2D eigenvalue weighted by molar-refractivity contribution is 5.77. The summed E-state index contributed by atoms with van der Waals surface area (Å²) in [6.07, 6.45) is 6.56. The molecule has 0 saturated carbocycles. The van der Waals surface area contributed by atoms with Crippen molar-refractivity contribution in [3.63, 3.8) is 0 Å². The van der Waals surface area contributed by atoms with Gasteiger partial charge in [0.15, 0.2) is 0 Å². The summed E-state index contributed by atoms with van der Waals surface area (Å²) in [5.74, 6) is 0. The largest absolute Gasteiger partial charge is 0.370 e. The number of hydrogen-bond donors (Lipinski definition) is 0. The number of nitrogens with zero attached hydrogens (tertiary/aromatic N) is 2. The van der Waals surface area contributed by atoms with Crippen LogP contribution in [0.3, 0.4) is 0 Å². The summed E-state index contributed by atoms with van der Waals surface area (Å²) in [6.45, 7) is 13.7. The molecule has 2 heterocycles. The van der Waals surface area contributed by atoms with Gasteiger partial charge in [0.25, 0.3) is 0 Å². The van der Waals surface area contributed by atoms with E-state index >= 15 is 0 Å². The van der Waals surface area contributed by atoms with E-state index in [0.29, 0.717) is 0 Å². The van der Waals surface area contributed by atoms with Gasteiger partial charge in [0.05, 0.1) is 17.1 Å². The predicted molar refractivity (Wildman–Crippen MR) is 111 cm³/mol. The zero-order valence-electron chi connectivity index (χ0n) is 16.4. The van der Waals surface area contributed by atoms with Crippen molar-refractivity contribution in [2.45, 2.75) is 33.7 Å². The Bertz CT molecular complexity index is 1180. The first-order chi connectivity index (χ1) is 12.4. The van der Waals surface area contributed by atoms with Crippen LogP contribution >= 0.6 is 0 Å². The number of hydrogen-bond acceptors (Lipinski definition) is 2. The van der Waals surface area contributed by atoms with Crippen molar-refractivity contribution in [1.29, 1.82) is 0 Å². The zero-order chi connectivity index (χ0) is 18.6. The molecular weight excluding hydrogens is 316 g/mol. The molecule has 0 aromatic heterocycles. The van der Waals surface area contributed by atoms with Gasteiger partial charge in [0.2, 0.25) is 0 Å². The Balaban J connectivity index is 2.18. The maximum absolute atomic E-state index is 4.87. The second-order valence-electron chi connectivity index (χ2n) is 7.54. The summed E-state index contributed by atoms with van der Waals surface area (Å²) in [6, 6.07) is 7.06. The Morgan fingerprint density at radius 3 is 2.69 bits per heavy atom. The Labute approximate surface area is 155 Å². The molecule has 2 heteroatoms. The first-order valence-electron chi connectivity index (χ1n) is 9.30. The number of aryl methyl sites for hydroxylation is 1. The van der Waals surface area contributed by atoms with Crippen LogP contribution in [0.15, 0.2) is 29.8 Å². The average molecular weight is 342 g/mol. The van der Waals surface area contributed by atoms with Gasteiger partial charge in [-0.15, -0.1) is 0 Å². The highest BCUT2D eigenvalue weighted by Crippen LogP contribution is 2.28. The molecule has 1 unspecified atom stereocenters. The van der Waals surface area contributed by atoms with Crippen molar-refractivity contribution in [2.24, 2.45) is 4.99 Å². The molecule has 2 aliphatic heterocycles. The monoisotopic (exact) mass is 342 g/mol. The quantitative estimate of drug-likeness (QED) is 0.814. The summed E-state index contributed by atoms with van der Waals surface area (Å²) >= 11 is 0. The number of rotatable bonds is 2. The third-order valence-electron chi connectivity index (χ3n) is 5.88. The molecule has 1 atom stereocenters. The van der Waals surface area contributed by atoms with E-state index in [9.17, 15) is 0 Å². The van der Waals surface area contributed by atoms with Crippen molar-refractivity contribution < 1.29 is 0 Å². The van der Waals surface area contributed by atoms with Gasteiger partial charge in [-0.1, -0.05) is 36.9 Å². The molecule has 0 fully saturated rings. The fourth-order valence-electron chi connectivity index (χ4n) is 4.25. The van der Waals surface area contributed by atoms with E-state index in [-0.39, 0.29) is 6.04 Å². The maximum Gasteiger partial charge on any atom is 0.0727 e. The smallest absolute Gasteiger partial charge is 0.0727 e. The lowest BCUT2D eigenvalue weighted by molar-refractivity contribution is 0.539. The zero-order valence-corrected chi connectivity index (χ0v) is 16.4. The first-order valence-corrected chi connectivity index (χ1v) is 9.30. The van der Waals surface area contributed by atoms with Gasteiger partial charge >= 0.3 is 0 Å². The molecule has 132 valence electrons. The topological polar surface area (TPSA) is 15.6 Å². The minimum Gasteiger partial charge on any atom is -0.370 e. The van der Waals surface area contributed by atoms with E-state index < -0.39 is 0 Å². The van der Waals surface area contributed by atoms with E-state index in [1.807, 2.05) is 6.08 Å². The van der Waals surface area contributed by atoms with E-state index in [1.165, 1.54) is 49.2 Å². The molecule has 2 aromatic carbocycles. The normalized spacial score (nSPS) is 17.8. The second kappa shape index (κ2) is 5.98. The highest BCUT2D eigenvalue weighted by atomic mass is 15.1. The lowest BCUT2D eigenvalue weighted by atomic mass is 9.90. The van der Waals surface area contributed by atoms with Gasteiger partial charge in [0.1, 0.15) is 0 Å². The van der Waals surface area contributed by atoms with Crippen molar-refractivity contribution in [3.8, 4) is 0 Å². The van der Waals surface area contributed by atoms with Crippen LogP contribution in [0.2, 0.25) is 0 Å². The summed E-state index contributed by atoms with van der Waals surface area (Å²) in [5, 5.41) is 4.97. The fourth-order valence-corrected chi connectivity index (χ4v) is 4.25.